The number of fused-ring (bicyclic) bond motifs is 2. The molecule has 0 aromatic heterocycles. The summed E-state index contributed by atoms with van der Waals surface area (Å²) in [7, 11) is -3.03. The number of carboxylic acids is 1. The maximum absolute atomic E-state index is 11.9. The van der Waals surface area contributed by atoms with Crippen LogP contribution in [0, 0.1) is 19.8 Å². The normalized spacial score (nSPS) is 20.5. The lowest BCUT2D eigenvalue weighted by molar-refractivity contribution is -0.0514. The number of aryl methyl sites for hydroxylation is 2. The zero-order valence-electron chi connectivity index (χ0n) is 23.7. The Hall–Kier alpha value is -4.34. The fraction of sp³-hybridized carbons (Fsp3) is 0.219. The SMILES string of the molecule is Cc1cc(C(=O)O)cc(C)c1OC(O)C1c2ccccc2N(C)C2C=C(/C(=C/c3ccc(O)cc3)OP(=O)(O)O)C=CC12. The van der Waals surface area contributed by atoms with Crippen LogP contribution in [0.1, 0.15) is 38.5 Å². The van der Waals surface area contributed by atoms with Gasteiger partial charge in [-0.1, -0.05) is 48.6 Å². The van der Waals surface area contributed by atoms with Crippen molar-refractivity contribution in [1.29, 1.82) is 0 Å². The van der Waals surface area contributed by atoms with Gasteiger partial charge in [0.15, 0.2) is 0 Å². The van der Waals surface area contributed by atoms with Crippen molar-refractivity contribution in [3.8, 4) is 11.5 Å². The number of phosphoric acid groups is 1. The summed E-state index contributed by atoms with van der Waals surface area (Å²) in [6.07, 6.45) is 5.56. The molecule has 3 aromatic carbocycles. The number of phenolic OH excluding ortho intramolecular Hbond substituents is 1. The number of aliphatic hydroxyl groups is 1. The van der Waals surface area contributed by atoms with E-state index < -0.39 is 26.0 Å². The number of hydrogen-bond donors (Lipinski definition) is 5. The Kier molecular flexibility index (Phi) is 8.23. The Morgan fingerprint density at radius 1 is 1.05 bits per heavy atom. The number of carbonyl (C=O) groups is 1. The molecule has 11 heteroatoms. The minimum Gasteiger partial charge on any atom is -0.508 e. The summed E-state index contributed by atoms with van der Waals surface area (Å²) in [6.45, 7) is 3.46. The number of likely N-dealkylation sites (N-methyl/N-ethyl adjacent to an activating group) is 1. The molecule has 0 radical (unpaired) electrons. The van der Waals surface area contributed by atoms with E-state index in [1.807, 2.05) is 48.4 Å². The highest BCUT2D eigenvalue weighted by atomic mass is 31.2. The molecule has 1 aliphatic carbocycles. The summed E-state index contributed by atoms with van der Waals surface area (Å²) >= 11 is 0. The molecule has 0 fully saturated rings. The Balaban J connectivity index is 1.54. The molecule has 2 aliphatic rings. The van der Waals surface area contributed by atoms with Gasteiger partial charge in [-0.25, -0.2) is 9.36 Å². The average Bonchev–Trinajstić information content (AvgIpc) is 2.95. The van der Waals surface area contributed by atoms with Gasteiger partial charge in [0, 0.05) is 24.2 Å². The first-order valence-electron chi connectivity index (χ1n) is 13.5. The number of carboxylic acid groups (broad SMARTS) is 1. The standard InChI is InChI=1S/C32H32NO9P/c1-18-14-22(31(35)36)15-19(2)30(18)41-32(37)29-24-6-4-5-7-26(24)33(3)27-17-21(10-13-25(27)29)28(42-43(38,39)40)16-20-8-11-23(34)12-9-20/h4-17,25,27,29,32,34,37H,1-3H3,(H,35,36)(H2,38,39,40)/b28-16-. The molecule has 4 atom stereocenters. The Morgan fingerprint density at radius 2 is 1.70 bits per heavy atom. The summed E-state index contributed by atoms with van der Waals surface area (Å²) in [5.74, 6) is -1.53. The maximum Gasteiger partial charge on any atom is 0.524 e. The van der Waals surface area contributed by atoms with Gasteiger partial charge in [0.1, 0.15) is 17.3 Å². The van der Waals surface area contributed by atoms with E-state index in [4.69, 9.17) is 9.26 Å². The first-order valence-corrected chi connectivity index (χ1v) is 15.0. The number of rotatable bonds is 8. The van der Waals surface area contributed by atoms with E-state index in [2.05, 4.69) is 0 Å². The molecular weight excluding hydrogens is 573 g/mol. The second kappa shape index (κ2) is 11.7. The van der Waals surface area contributed by atoms with E-state index in [1.54, 1.807) is 32.1 Å². The summed E-state index contributed by atoms with van der Waals surface area (Å²) < 4.78 is 23.2. The van der Waals surface area contributed by atoms with E-state index >= 15 is 0 Å². The van der Waals surface area contributed by atoms with E-state index in [0.717, 1.165) is 11.3 Å². The zero-order chi connectivity index (χ0) is 31.1. The van der Waals surface area contributed by atoms with Crippen molar-refractivity contribution in [2.75, 3.05) is 11.9 Å². The molecule has 1 heterocycles. The molecule has 5 N–H and O–H groups in total. The number of anilines is 1. The molecule has 43 heavy (non-hydrogen) atoms. The third-order valence-electron chi connectivity index (χ3n) is 7.73. The lowest BCUT2D eigenvalue weighted by Crippen LogP contribution is -2.48. The third kappa shape index (κ3) is 6.38. The minimum absolute atomic E-state index is 0.0479. The lowest BCUT2D eigenvalue weighted by Gasteiger charge is -2.46. The number of phosphoric ester groups is 1. The van der Waals surface area contributed by atoms with Gasteiger partial charge in [-0.3, -0.25) is 9.79 Å². The molecule has 0 saturated heterocycles. The number of para-hydroxylation sites is 1. The first kappa shape index (κ1) is 30.1. The number of hydrogen-bond acceptors (Lipinski definition) is 7. The van der Waals surface area contributed by atoms with Crippen LogP contribution in [0.4, 0.5) is 5.69 Å². The van der Waals surface area contributed by atoms with Crippen LogP contribution in [0.25, 0.3) is 6.08 Å². The molecule has 4 unspecified atom stereocenters. The van der Waals surface area contributed by atoms with Gasteiger partial charge in [0.05, 0.1) is 17.5 Å². The Morgan fingerprint density at radius 3 is 2.33 bits per heavy atom. The molecule has 0 amide bonds. The van der Waals surface area contributed by atoms with Gasteiger partial charge in [-0.05, 0) is 72.5 Å². The van der Waals surface area contributed by atoms with Crippen LogP contribution in [0.2, 0.25) is 0 Å². The van der Waals surface area contributed by atoms with Gasteiger partial charge in [0.25, 0.3) is 0 Å². The number of aromatic carboxylic acids is 1. The van der Waals surface area contributed by atoms with E-state index in [9.17, 15) is 34.5 Å². The van der Waals surface area contributed by atoms with Crippen LogP contribution < -0.4 is 9.64 Å². The number of aromatic hydroxyl groups is 1. The maximum atomic E-state index is 11.9. The Bertz CT molecular complexity index is 1670. The van der Waals surface area contributed by atoms with Crippen molar-refractivity contribution < 1.29 is 43.7 Å². The van der Waals surface area contributed by atoms with Crippen molar-refractivity contribution in [3.63, 3.8) is 0 Å². The highest BCUT2D eigenvalue weighted by molar-refractivity contribution is 7.46. The largest absolute Gasteiger partial charge is 0.524 e. The summed E-state index contributed by atoms with van der Waals surface area (Å²) in [6, 6.07) is 16.3. The van der Waals surface area contributed by atoms with Gasteiger partial charge < -0.3 is 29.5 Å². The van der Waals surface area contributed by atoms with Crippen LogP contribution in [0.5, 0.6) is 11.5 Å². The van der Waals surface area contributed by atoms with E-state index in [-0.39, 0.29) is 29.0 Å². The second-order valence-corrected chi connectivity index (χ2v) is 11.8. The molecule has 0 saturated carbocycles. The smallest absolute Gasteiger partial charge is 0.508 e. The van der Waals surface area contributed by atoms with Crippen LogP contribution in [-0.2, 0) is 9.09 Å². The molecule has 5 rings (SSSR count). The first-order chi connectivity index (χ1) is 20.3. The number of nitrogens with zero attached hydrogens (tertiary/aromatic N) is 1. The fourth-order valence-corrected chi connectivity index (χ4v) is 6.23. The second-order valence-electron chi connectivity index (χ2n) is 10.7. The van der Waals surface area contributed by atoms with Crippen LogP contribution in [-0.4, -0.2) is 50.5 Å². The van der Waals surface area contributed by atoms with E-state index in [1.165, 1.54) is 30.3 Å². The summed E-state index contributed by atoms with van der Waals surface area (Å²) in [5, 5.41) is 30.6. The number of benzene rings is 3. The van der Waals surface area contributed by atoms with Crippen molar-refractivity contribution in [2.45, 2.75) is 32.1 Å². The number of allylic oxidation sites excluding steroid dienone is 1. The summed E-state index contributed by atoms with van der Waals surface area (Å²) in [5.41, 5.74) is 3.96. The summed E-state index contributed by atoms with van der Waals surface area (Å²) in [4.78, 5) is 32.9. The zero-order valence-corrected chi connectivity index (χ0v) is 24.6. The third-order valence-corrected chi connectivity index (χ3v) is 8.16. The van der Waals surface area contributed by atoms with Crippen molar-refractivity contribution in [2.24, 2.45) is 5.92 Å². The quantitative estimate of drug-likeness (QED) is 0.130. The van der Waals surface area contributed by atoms with Gasteiger partial charge >= 0.3 is 13.8 Å². The van der Waals surface area contributed by atoms with Crippen LogP contribution >= 0.6 is 7.82 Å². The molecule has 10 nitrogen and oxygen atoms in total. The molecule has 3 aromatic rings. The fourth-order valence-electron chi connectivity index (χ4n) is 5.81. The van der Waals surface area contributed by atoms with Crippen molar-refractivity contribution in [1.82, 2.24) is 0 Å². The molecule has 224 valence electrons. The van der Waals surface area contributed by atoms with Crippen LogP contribution in [0.3, 0.4) is 0 Å². The molecule has 1 aliphatic heterocycles. The van der Waals surface area contributed by atoms with E-state index in [0.29, 0.717) is 28.0 Å². The van der Waals surface area contributed by atoms with Gasteiger partial charge in [-0.2, -0.15) is 0 Å². The monoisotopic (exact) mass is 605 g/mol. The van der Waals surface area contributed by atoms with Gasteiger partial charge in [0.2, 0.25) is 6.29 Å². The predicted octanol–water partition coefficient (Wildman–Crippen LogP) is 5.27. The minimum atomic E-state index is -4.93. The van der Waals surface area contributed by atoms with Crippen molar-refractivity contribution >= 4 is 25.6 Å². The number of ether oxygens (including phenoxy) is 1. The molecular formula is C32H32NO9P. The lowest BCUT2D eigenvalue weighted by atomic mass is 9.73. The van der Waals surface area contributed by atoms with Crippen LogP contribution in [0.15, 0.2) is 90.2 Å². The topological polar surface area (TPSA) is 157 Å². The Labute approximate surface area is 248 Å². The predicted molar refractivity (Wildman–Crippen MR) is 161 cm³/mol. The highest BCUT2D eigenvalue weighted by Crippen LogP contribution is 2.48. The molecule has 0 bridgehead atoms. The average molecular weight is 606 g/mol. The number of phenols is 1. The number of aliphatic hydroxyl groups excluding tert-OH is 1. The van der Waals surface area contributed by atoms with Gasteiger partial charge in [-0.15, -0.1) is 0 Å². The highest BCUT2D eigenvalue weighted by Gasteiger charge is 2.43. The molecule has 0 spiro atoms. The van der Waals surface area contributed by atoms with Crippen molar-refractivity contribution in [3.05, 3.63) is 118 Å².